The predicted molar refractivity (Wildman–Crippen MR) is 63.5 cm³/mol. The molecule has 0 amide bonds. The van der Waals surface area contributed by atoms with E-state index in [1.165, 1.54) is 0 Å². The molecule has 2 N–H and O–H groups in total. The van der Waals surface area contributed by atoms with Crippen molar-refractivity contribution in [1.29, 1.82) is 0 Å². The van der Waals surface area contributed by atoms with Crippen LogP contribution in [-0.4, -0.2) is 35.3 Å². The number of hydrogen-bond donors (Lipinski definition) is 2. The van der Waals surface area contributed by atoms with Crippen molar-refractivity contribution in [3.05, 3.63) is 23.0 Å². The maximum Gasteiger partial charge on any atom is 0.339 e. The Labute approximate surface area is 99.8 Å². The minimum absolute atomic E-state index is 0.189. The first-order valence-corrected chi connectivity index (χ1v) is 5.63. The summed E-state index contributed by atoms with van der Waals surface area (Å²) in [5.41, 5.74) is 2.24. The number of aromatic nitrogens is 1. The van der Waals surface area contributed by atoms with Crippen molar-refractivity contribution in [1.82, 2.24) is 4.98 Å². The first-order chi connectivity index (χ1) is 8.08. The summed E-state index contributed by atoms with van der Waals surface area (Å²) in [5, 5.41) is 12.4. The van der Waals surface area contributed by atoms with Gasteiger partial charge in [0.05, 0.1) is 24.0 Å². The number of carboxylic acid groups (broad SMARTS) is 1. The highest BCUT2D eigenvalue weighted by Gasteiger charge is 2.20. The van der Waals surface area contributed by atoms with Gasteiger partial charge in [0, 0.05) is 12.3 Å². The lowest BCUT2D eigenvalue weighted by Gasteiger charge is -2.16. The number of anilines is 1. The lowest BCUT2D eigenvalue weighted by atomic mass is 10.1. The molecule has 1 atom stereocenters. The molecule has 2 rings (SSSR count). The molecule has 0 radical (unpaired) electrons. The topological polar surface area (TPSA) is 71.5 Å². The molecule has 0 bridgehead atoms. The van der Waals surface area contributed by atoms with Gasteiger partial charge in [-0.05, 0) is 26.3 Å². The molecule has 1 saturated heterocycles. The van der Waals surface area contributed by atoms with E-state index in [-0.39, 0.29) is 11.6 Å². The number of nitrogens with zero attached hydrogens (tertiary/aromatic N) is 1. The Balaban J connectivity index is 2.32. The molecule has 0 aromatic carbocycles. The van der Waals surface area contributed by atoms with Crippen LogP contribution in [-0.2, 0) is 4.74 Å². The molecule has 1 aliphatic heterocycles. The maximum absolute atomic E-state index is 11.2. The Morgan fingerprint density at radius 2 is 2.35 bits per heavy atom. The van der Waals surface area contributed by atoms with Gasteiger partial charge >= 0.3 is 5.97 Å². The molecule has 2 heterocycles. The monoisotopic (exact) mass is 236 g/mol. The van der Waals surface area contributed by atoms with E-state index in [1.54, 1.807) is 13.0 Å². The van der Waals surface area contributed by atoms with Gasteiger partial charge in [-0.15, -0.1) is 0 Å². The summed E-state index contributed by atoms with van der Waals surface area (Å²) in [6.45, 7) is 4.92. The van der Waals surface area contributed by atoms with Crippen LogP contribution in [0.1, 0.15) is 28.2 Å². The zero-order valence-corrected chi connectivity index (χ0v) is 9.99. The van der Waals surface area contributed by atoms with Crippen LogP contribution in [0.5, 0.6) is 0 Å². The van der Waals surface area contributed by atoms with E-state index in [0.717, 1.165) is 18.7 Å². The second kappa shape index (κ2) is 4.71. The molecule has 1 aromatic heterocycles. The quantitative estimate of drug-likeness (QED) is 0.834. The highest BCUT2D eigenvalue weighted by atomic mass is 16.5. The third-order valence-corrected chi connectivity index (χ3v) is 2.83. The van der Waals surface area contributed by atoms with Crippen LogP contribution in [0.4, 0.5) is 5.69 Å². The Bertz CT molecular complexity index is 440. The molecule has 0 spiro atoms. The molecule has 17 heavy (non-hydrogen) atoms. The fourth-order valence-corrected chi connectivity index (χ4v) is 2.08. The van der Waals surface area contributed by atoms with Gasteiger partial charge < -0.3 is 15.2 Å². The van der Waals surface area contributed by atoms with E-state index in [0.29, 0.717) is 18.0 Å². The Kier molecular flexibility index (Phi) is 3.28. The van der Waals surface area contributed by atoms with Gasteiger partial charge in [0.1, 0.15) is 5.56 Å². The molecular weight excluding hydrogens is 220 g/mol. The normalized spacial score (nSPS) is 19.3. The van der Waals surface area contributed by atoms with Gasteiger partial charge in [0.2, 0.25) is 0 Å². The standard InChI is InChI=1S/C12H16N2O3/c1-7-5-10(14-9-3-4-17-6-9)11(12(15)16)8(2)13-7/h5,9H,3-4,6H2,1-2H3,(H,13,14)(H,15,16). The fourth-order valence-electron chi connectivity index (χ4n) is 2.08. The van der Waals surface area contributed by atoms with E-state index in [1.807, 2.05) is 6.92 Å². The number of aromatic carboxylic acids is 1. The first-order valence-electron chi connectivity index (χ1n) is 5.63. The summed E-state index contributed by atoms with van der Waals surface area (Å²) < 4.78 is 5.26. The molecule has 1 fully saturated rings. The average molecular weight is 236 g/mol. The third-order valence-electron chi connectivity index (χ3n) is 2.83. The molecule has 0 aliphatic carbocycles. The van der Waals surface area contributed by atoms with E-state index >= 15 is 0 Å². The molecule has 1 aromatic rings. The van der Waals surface area contributed by atoms with Crippen LogP contribution >= 0.6 is 0 Å². The van der Waals surface area contributed by atoms with Crippen molar-refractivity contribution >= 4 is 11.7 Å². The average Bonchev–Trinajstić information content (AvgIpc) is 2.68. The summed E-state index contributed by atoms with van der Waals surface area (Å²) in [6.07, 6.45) is 0.902. The summed E-state index contributed by atoms with van der Waals surface area (Å²) in [4.78, 5) is 15.4. The molecule has 92 valence electrons. The SMILES string of the molecule is Cc1cc(NC2CCOC2)c(C(=O)O)c(C)n1. The number of ether oxygens (including phenoxy) is 1. The minimum Gasteiger partial charge on any atom is -0.478 e. The number of aryl methyl sites for hydroxylation is 2. The van der Waals surface area contributed by atoms with Crippen LogP contribution < -0.4 is 5.32 Å². The van der Waals surface area contributed by atoms with Crippen molar-refractivity contribution < 1.29 is 14.6 Å². The second-order valence-corrected chi connectivity index (χ2v) is 4.28. The minimum atomic E-state index is -0.948. The third kappa shape index (κ3) is 2.55. The zero-order valence-electron chi connectivity index (χ0n) is 9.99. The van der Waals surface area contributed by atoms with Gasteiger partial charge in [0.25, 0.3) is 0 Å². The van der Waals surface area contributed by atoms with Crippen molar-refractivity contribution in [3.8, 4) is 0 Å². The second-order valence-electron chi connectivity index (χ2n) is 4.28. The largest absolute Gasteiger partial charge is 0.478 e. The maximum atomic E-state index is 11.2. The number of carboxylic acids is 1. The van der Waals surface area contributed by atoms with E-state index < -0.39 is 5.97 Å². The van der Waals surface area contributed by atoms with Gasteiger partial charge in [-0.2, -0.15) is 0 Å². The summed E-state index contributed by atoms with van der Waals surface area (Å²) >= 11 is 0. The number of hydrogen-bond acceptors (Lipinski definition) is 4. The van der Waals surface area contributed by atoms with Gasteiger partial charge in [-0.1, -0.05) is 0 Å². The molecule has 5 nitrogen and oxygen atoms in total. The molecule has 0 saturated carbocycles. The summed E-state index contributed by atoms with van der Waals surface area (Å²) in [6, 6.07) is 1.96. The van der Waals surface area contributed by atoms with E-state index in [9.17, 15) is 9.90 Å². The Morgan fingerprint density at radius 1 is 1.59 bits per heavy atom. The smallest absolute Gasteiger partial charge is 0.339 e. The lowest BCUT2D eigenvalue weighted by molar-refractivity contribution is 0.0696. The first kappa shape index (κ1) is 11.9. The van der Waals surface area contributed by atoms with Crippen LogP contribution in [0.25, 0.3) is 0 Å². The summed E-state index contributed by atoms with van der Waals surface area (Å²) in [5.74, 6) is -0.948. The highest BCUT2D eigenvalue weighted by Crippen LogP contribution is 2.22. The number of rotatable bonds is 3. The van der Waals surface area contributed by atoms with Crippen molar-refractivity contribution in [2.75, 3.05) is 18.5 Å². The zero-order chi connectivity index (χ0) is 12.4. The number of nitrogens with one attached hydrogen (secondary N) is 1. The Hall–Kier alpha value is -1.62. The van der Waals surface area contributed by atoms with Crippen molar-refractivity contribution in [2.24, 2.45) is 0 Å². The van der Waals surface area contributed by atoms with Crippen LogP contribution in [0.15, 0.2) is 6.07 Å². The van der Waals surface area contributed by atoms with E-state index in [2.05, 4.69) is 10.3 Å². The van der Waals surface area contributed by atoms with Gasteiger partial charge in [-0.25, -0.2) is 4.79 Å². The summed E-state index contributed by atoms with van der Waals surface area (Å²) in [7, 11) is 0. The van der Waals surface area contributed by atoms with Crippen molar-refractivity contribution in [3.63, 3.8) is 0 Å². The van der Waals surface area contributed by atoms with E-state index in [4.69, 9.17) is 4.74 Å². The predicted octanol–water partition coefficient (Wildman–Crippen LogP) is 1.60. The Morgan fingerprint density at radius 3 is 2.94 bits per heavy atom. The van der Waals surface area contributed by atoms with Gasteiger partial charge in [0.15, 0.2) is 0 Å². The number of carbonyl (C=O) groups is 1. The van der Waals surface area contributed by atoms with Crippen LogP contribution in [0, 0.1) is 13.8 Å². The molecular formula is C12H16N2O3. The van der Waals surface area contributed by atoms with Crippen LogP contribution in [0.2, 0.25) is 0 Å². The molecule has 1 aliphatic rings. The van der Waals surface area contributed by atoms with Crippen LogP contribution in [0.3, 0.4) is 0 Å². The highest BCUT2D eigenvalue weighted by molar-refractivity contribution is 5.95. The molecule has 1 unspecified atom stereocenters. The molecule has 5 heteroatoms. The number of pyridine rings is 1. The fraction of sp³-hybridized carbons (Fsp3) is 0.500. The van der Waals surface area contributed by atoms with Gasteiger partial charge in [-0.3, -0.25) is 4.98 Å². The van der Waals surface area contributed by atoms with Crippen molar-refractivity contribution in [2.45, 2.75) is 26.3 Å². The lowest BCUT2D eigenvalue weighted by Crippen LogP contribution is -2.21.